The van der Waals surface area contributed by atoms with Gasteiger partial charge in [-0.15, -0.1) is 0 Å². The zero-order valence-corrected chi connectivity index (χ0v) is 16.0. The summed E-state index contributed by atoms with van der Waals surface area (Å²) < 4.78 is 42.0. The summed E-state index contributed by atoms with van der Waals surface area (Å²) in [6, 6.07) is 9.62. The summed E-state index contributed by atoms with van der Waals surface area (Å²) in [5.41, 5.74) is 0.640. The molecule has 0 atom stereocenters. The Bertz CT molecular complexity index is 1030. The van der Waals surface area contributed by atoms with E-state index < -0.39 is 17.6 Å². The number of carbonyl (C=O) groups excluding carboxylic acids is 2. The van der Waals surface area contributed by atoms with Gasteiger partial charge in [-0.25, -0.2) is 18.6 Å². The first-order valence-corrected chi connectivity index (χ1v) is 8.94. The van der Waals surface area contributed by atoms with Gasteiger partial charge in [-0.2, -0.15) is 0 Å². The van der Waals surface area contributed by atoms with Gasteiger partial charge in [-0.1, -0.05) is 0 Å². The highest BCUT2D eigenvalue weighted by atomic mass is 19.1. The fraction of sp³-hybridized carbons (Fsp3) is 0.190. The zero-order valence-electron chi connectivity index (χ0n) is 16.0. The number of hydrogen-bond acceptors (Lipinski definition) is 6. The molecule has 9 heteroatoms. The number of aromatic nitrogens is 1. The molecule has 2 aromatic carbocycles. The quantitative estimate of drug-likeness (QED) is 0.563. The van der Waals surface area contributed by atoms with Gasteiger partial charge in [0, 0.05) is 24.6 Å². The standard InChI is InChI=1S/C21H18F2N2O5/c1-28-21(27)12-29-15-5-3-14(4-6-15)25-19(26)8-9-20-24-11-18(30-20)16-7-2-13(22)10-17(16)23/h2-7,10-11H,8-9,12H2,1H3,(H,25,26). The Kier molecular flexibility index (Phi) is 6.74. The Hall–Kier alpha value is -3.75. The van der Waals surface area contributed by atoms with Crippen molar-refractivity contribution in [2.24, 2.45) is 0 Å². The number of amides is 1. The van der Waals surface area contributed by atoms with E-state index >= 15 is 0 Å². The molecule has 0 aliphatic heterocycles. The predicted octanol–water partition coefficient (Wildman–Crippen LogP) is 3.74. The van der Waals surface area contributed by atoms with Gasteiger partial charge in [-0.05, 0) is 36.4 Å². The maximum atomic E-state index is 13.8. The molecule has 0 radical (unpaired) electrons. The van der Waals surface area contributed by atoms with Crippen molar-refractivity contribution in [1.29, 1.82) is 0 Å². The van der Waals surface area contributed by atoms with Gasteiger partial charge in [0.15, 0.2) is 18.3 Å². The molecule has 0 saturated carbocycles. The van der Waals surface area contributed by atoms with Crippen LogP contribution >= 0.6 is 0 Å². The van der Waals surface area contributed by atoms with E-state index in [1.165, 1.54) is 19.4 Å². The normalized spacial score (nSPS) is 10.5. The Morgan fingerprint density at radius 2 is 1.90 bits per heavy atom. The molecule has 3 aromatic rings. The van der Waals surface area contributed by atoms with Crippen molar-refractivity contribution in [3.63, 3.8) is 0 Å². The van der Waals surface area contributed by atoms with Crippen LogP contribution in [0.1, 0.15) is 12.3 Å². The third-order valence-corrected chi connectivity index (χ3v) is 4.04. The molecule has 1 amide bonds. The Morgan fingerprint density at radius 3 is 2.60 bits per heavy atom. The summed E-state index contributed by atoms with van der Waals surface area (Å²) in [7, 11) is 1.27. The Morgan fingerprint density at radius 1 is 1.13 bits per heavy atom. The minimum Gasteiger partial charge on any atom is -0.482 e. The number of oxazole rings is 1. The van der Waals surface area contributed by atoms with E-state index in [9.17, 15) is 18.4 Å². The lowest BCUT2D eigenvalue weighted by atomic mass is 10.2. The molecule has 0 fully saturated rings. The number of methoxy groups -OCH3 is 1. The van der Waals surface area contributed by atoms with Crippen LogP contribution in [-0.4, -0.2) is 30.6 Å². The van der Waals surface area contributed by atoms with Gasteiger partial charge in [0.25, 0.3) is 0 Å². The van der Waals surface area contributed by atoms with Gasteiger partial charge in [0.05, 0.1) is 18.9 Å². The summed E-state index contributed by atoms with van der Waals surface area (Å²) in [4.78, 5) is 27.2. The van der Waals surface area contributed by atoms with E-state index in [-0.39, 0.29) is 42.6 Å². The molecule has 1 N–H and O–H groups in total. The highest BCUT2D eigenvalue weighted by Gasteiger charge is 2.13. The van der Waals surface area contributed by atoms with Gasteiger partial charge in [0.1, 0.15) is 17.4 Å². The summed E-state index contributed by atoms with van der Waals surface area (Å²) in [6.07, 6.45) is 1.62. The molecule has 0 unspecified atom stereocenters. The number of nitrogens with zero attached hydrogens (tertiary/aromatic N) is 1. The van der Waals surface area contributed by atoms with Crippen LogP contribution in [0.15, 0.2) is 53.1 Å². The molecule has 0 saturated heterocycles. The van der Waals surface area contributed by atoms with Gasteiger partial charge < -0.3 is 19.2 Å². The average Bonchev–Trinajstić information content (AvgIpc) is 3.20. The number of anilines is 1. The van der Waals surface area contributed by atoms with E-state index in [2.05, 4.69) is 15.0 Å². The van der Waals surface area contributed by atoms with Crippen LogP contribution < -0.4 is 10.1 Å². The zero-order chi connectivity index (χ0) is 21.5. The lowest BCUT2D eigenvalue weighted by molar-refractivity contribution is -0.142. The van der Waals surface area contributed by atoms with E-state index in [0.29, 0.717) is 11.4 Å². The number of rotatable bonds is 8. The monoisotopic (exact) mass is 416 g/mol. The second-order valence-electron chi connectivity index (χ2n) is 6.18. The van der Waals surface area contributed by atoms with Gasteiger partial charge in [-0.3, -0.25) is 4.79 Å². The predicted molar refractivity (Wildman–Crippen MR) is 103 cm³/mol. The van der Waals surface area contributed by atoms with Crippen LogP contribution in [0.5, 0.6) is 5.75 Å². The number of halogens is 2. The van der Waals surface area contributed by atoms with Crippen LogP contribution in [-0.2, 0) is 20.7 Å². The molecular formula is C21H18F2N2O5. The van der Waals surface area contributed by atoms with Crippen molar-refractivity contribution in [3.8, 4) is 17.1 Å². The first-order chi connectivity index (χ1) is 14.4. The number of hydrogen-bond donors (Lipinski definition) is 1. The molecule has 0 aliphatic carbocycles. The van der Waals surface area contributed by atoms with Crippen molar-refractivity contribution in [3.05, 3.63) is 66.2 Å². The highest BCUT2D eigenvalue weighted by molar-refractivity contribution is 5.90. The Labute approximate surface area is 170 Å². The Balaban J connectivity index is 1.50. The van der Waals surface area contributed by atoms with E-state index in [1.807, 2.05) is 0 Å². The first-order valence-electron chi connectivity index (χ1n) is 8.94. The second kappa shape index (κ2) is 9.64. The van der Waals surface area contributed by atoms with Crippen LogP contribution in [0.25, 0.3) is 11.3 Å². The number of benzene rings is 2. The third kappa shape index (κ3) is 5.63. The number of esters is 1. The molecule has 1 aromatic heterocycles. The molecule has 0 bridgehead atoms. The molecule has 1 heterocycles. The van der Waals surface area contributed by atoms with E-state index in [1.54, 1.807) is 24.3 Å². The maximum absolute atomic E-state index is 13.8. The lowest BCUT2D eigenvalue weighted by Gasteiger charge is -2.07. The smallest absolute Gasteiger partial charge is 0.343 e. The van der Waals surface area contributed by atoms with Crippen molar-refractivity contribution >= 4 is 17.6 Å². The second-order valence-corrected chi connectivity index (χ2v) is 6.18. The molecule has 0 spiro atoms. The molecule has 0 aliphatic rings. The van der Waals surface area contributed by atoms with Gasteiger partial charge in [0.2, 0.25) is 5.91 Å². The van der Waals surface area contributed by atoms with Gasteiger partial charge >= 0.3 is 5.97 Å². The molecule has 30 heavy (non-hydrogen) atoms. The number of aryl methyl sites for hydroxylation is 1. The lowest BCUT2D eigenvalue weighted by Crippen LogP contribution is -2.13. The van der Waals surface area contributed by atoms with Crippen LogP contribution in [0, 0.1) is 11.6 Å². The summed E-state index contributed by atoms with van der Waals surface area (Å²) in [5.74, 6) is -1.33. The molecule has 3 rings (SSSR count). The SMILES string of the molecule is COC(=O)COc1ccc(NC(=O)CCc2ncc(-c3ccc(F)cc3F)o2)cc1. The van der Waals surface area contributed by atoms with Crippen molar-refractivity contribution < 1.29 is 32.3 Å². The van der Waals surface area contributed by atoms with E-state index in [4.69, 9.17) is 9.15 Å². The van der Waals surface area contributed by atoms with Crippen molar-refractivity contribution in [2.45, 2.75) is 12.8 Å². The number of nitrogens with one attached hydrogen (secondary N) is 1. The van der Waals surface area contributed by atoms with Crippen LogP contribution in [0.2, 0.25) is 0 Å². The minimum atomic E-state index is -0.755. The summed E-state index contributed by atoms with van der Waals surface area (Å²) in [5, 5.41) is 2.71. The van der Waals surface area contributed by atoms with Crippen LogP contribution in [0.4, 0.5) is 14.5 Å². The molecular weight excluding hydrogens is 398 g/mol. The fourth-order valence-electron chi connectivity index (χ4n) is 2.52. The topological polar surface area (TPSA) is 90.7 Å². The highest BCUT2D eigenvalue weighted by Crippen LogP contribution is 2.24. The molecule has 156 valence electrons. The first kappa shape index (κ1) is 21.0. The average molecular weight is 416 g/mol. The molecule has 7 nitrogen and oxygen atoms in total. The third-order valence-electron chi connectivity index (χ3n) is 4.04. The minimum absolute atomic E-state index is 0.0897. The largest absolute Gasteiger partial charge is 0.482 e. The number of ether oxygens (including phenoxy) is 2. The van der Waals surface area contributed by atoms with Crippen LogP contribution in [0.3, 0.4) is 0 Å². The van der Waals surface area contributed by atoms with Crippen molar-refractivity contribution in [1.82, 2.24) is 4.98 Å². The summed E-state index contributed by atoms with van der Waals surface area (Å²) in [6.45, 7) is -0.206. The number of carbonyl (C=O) groups is 2. The van der Waals surface area contributed by atoms with Crippen molar-refractivity contribution in [2.75, 3.05) is 19.0 Å². The maximum Gasteiger partial charge on any atom is 0.343 e. The summed E-state index contributed by atoms with van der Waals surface area (Å²) >= 11 is 0. The van der Waals surface area contributed by atoms with E-state index in [0.717, 1.165) is 12.1 Å². The fourth-order valence-corrected chi connectivity index (χ4v) is 2.52.